The average Bonchev–Trinajstić information content (AvgIpc) is 2.47. The van der Waals surface area contributed by atoms with E-state index in [1.807, 2.05) is 13.8 Å². The normalized spacial score (nSPS) is 18.7. The van der Waals surface area contributed by atoms with Crippen LogP contribution in [0, 0.1) is 0 Å². The second-order valence-electron chi connectivity index (χ2n) is 5.47. The van der Waals surface area contributed by atoms with Gasteiger partial charge in [0, 0.05) is 13.1 Å². The van der Waals surface area contributed by atoms with Crippen molar-refractivity contribution in [3.8, 4) is 0 Å². The second-order valence-corrected chi connectivity index (χ2v) is 5.81. The summed E-state index contributed by atoms with van der Waals surface area (Å²) in [7, 11) is 0. The third-order valence-corrected chi connectivity index (χ3v) is 3.95. The molecule has 112 valence electrons. The Bertz CT molecular complexity index is 446. The third kappa shape index (κ3) is 3.70. The molecule has 1 aliphatic heterocycles. The summed E-state index contributed by atoms with van der Waals surface area (Å²) >= 11 is 5.99. The van der Waals surface area contributed by atoms with E-state index < -0.39 is 5.54 Å². The molecule has 1 aromatic heterocycles. The van der Waals surface area contributed by atoms with E-state index in [9.17, 15) is 5.11 Å². The predicted molar refractivity (Wildman–Crippen MR) is 80.3 cm³/mol. The lowest BCUT2D eigenvalue weighted by Gasteiger charge is -2.29. The van der Waals surface area contributed by atoms with Gasteiger partial charge in [-0.15, -0.1) is 0 Å². The van der Waals surface area contributed by atoms with Crippen molar-refractivity contribution >= 4 is 23.5 Å². The zero-order valence-corrected chi connectivity index (χ0v) is 12.8. The van der Waals surface area contributed by atoms with E-state index >= 15 is 0 Å². The fourth-order valence-corrected chi connectivity index (χ4v) is 2.30. The van der Waals surface area contributed by atoms with Crippen molar-refractivity contribution in [2.75, 3.05) is 29.9 Å². The van der Waals surface area contributed by atoms with E-state index in [0.717, 1.165) is 32.4 Å². The van der Waals surface area contributed by atoms with E-state index in [4.69, 9.17) is 11.6 Å². The van der Waals surface area contributed by atoms with Gasteiger partial charge in [-0.25, -0.2) is 0 Å². The minimum absolute atomic E-state index is 0.00580. The fraction of sp³-hybridized carbons (Fsp3) is 0.769. The smallest absolute Gasteiger partial charge is 0.231 e. The molecule has 1 unspecified atom stereocenters. The molecule has 0 amide bonds. The van der Waals surface area contributed by atoms with Crippen LogP contribution in [0.3, 0.4) is 0 Å². The van der Waals surface area contributed by atoms with Crippen LogP contribution in [-0.2, 0) is 0 Å². The van der Waals surface area contributed by atoms with Gasteiger partial charge in [0.25, 0.3) is 0 Å². The quantitative estimate of drug-likeness (QED) is 0.867. The van der Waals surface area contributed by atoms with Crippen LogP contribution in [0.1, 0.15) is 39.5 Å². The third-order valence-electron chi connectivity index (χ3n) is 3.78. The van der Waals surface area contributed by atoms with Crippen LogP contribution in [0.2, 0.25) is 5.28 Å². The summed E-state index contributed by atoms with van der Waals surface area (Å²) in [5, 5.41) is 12.8. The second kappa shape index (κ2) is 6.54. The molecule has 6 nitrogen and oxygen atoms in total. The number of aliphatic hydroxyl groups excluding tert-OH is 1. The van der Waals surface area contributed by atoms with Crippen molar-refractivity contribution in [1.29, 1.82) is 0 Å². The Balaban J connectivity index is 2.19. The Morgan fingerprint density at radius 1 is 1.25 bits per heavy atom. The van der Waals surface area contributed by atoms with Gasteiger partial charge in [0.15, 0.2) is 0 Å². The Hall–Kier alpha value is -1.14. The van der Waals surface area contributed by atoms with Crippen LogP contribution in [0.15, 0.2) is 0 Å². The van der Waals surface area contributed by atoms with Gasteiger partial charge in [-0.3, -0.25) is 0 Å². The van der Waals surface area contributed by atoms with Gasteiger partial charge < -0.3 is 15.3 Å². The summed E-state index contributed by atoms with van der Waals surface area (Å²) in [6.45, 7) is 5.82. The monoisotopic (exact) mass is 299 g/mol. The van der Waals surface area contributed by atoms with Gasteiger partial charge in [0.1, 0.15) is 0 Å². The first-order valence-corrected chi connectivity index (χ1v) is 7.50. The first kappa shape index (κ1) is 15.3. The summed E-state index contributed by atoms with van der Waals surface area (Å²) < 4.78 is 0. The van der Waals surface area contributed by atoms with E-state index in [-0.39, 0.29) is 11.9 Å². The van der Waals surface area contributed by atoms with E-state index in [1.165, 1.54) is 6.42 Å². The lowest BCUT2D eigenvalue weighted by Crippen LogP contribution is -2.39. The largest absolute Gasteiger partial charge is 0.394 e. The predicted octanol–water partition coefficient (Wildman–Crippen LogP) is 2.09. The van der Waals surface area contributed by atoms with Crippen LogP contribution in [0.4, 0.5) is 11.9 Å². The number of piperidine rings is 1. The molecular formula is C13H22ClN5O. The maximum Gasteiger partial charge on any atom is 0.231 e. The SMILES string of the molecule is CCC(C)(CO)Nc1nc(Cl)nc(N2CCCCC2)n1. The molecule has 0 saturated carbocycles. The average molecular weight is 300 g/mol. The van der Waals surface area contributed by atoms with Crippen molar-refractivity contribution in [2.24, 2.45) is 0 Å². The molecular weight excluding hydrogens is 278 g/mol. The molecule has 2 heterocycles. The van der Waals surface area contributed by atoms with Crippen molar-refractivity contribution in [3.05, 3.63) is 5.28 Å². The number of rotatable bonds is 5. The maximum atomic E-state index is 9.46. The molecule has 1 aromatic rings. The summed E-state index contributed by atoms with van der Waals surface area (Å²) in [6, 6.07) is 0. The minimum atomic E-state index is -0.455. The van der Waals surface area contributed by atoms with Crippen molar-refractivity contribution < 1.29 is 5.11 Å². The number of nitrogens with one attached hydrogen (secondary N) is 1. The van der Waals surface area contributed by atoms with Crippen LogP contribution < -0.4 is 10.2 Å². The van der Waals surface area contributed by atoms with Crippen LogP contribution in [-0.4, -0.2) is 45.3 Å². The Kier molecular flexibility index (Phi) is 4.99. The molecule has 2 N–H and O–H groups in total. The molecule has 20 heavy (non-hydrogen) atoms. The van der Waals surface area contributed by atoms with Crippen LogP contribution >= 0.6 is 11.6 Å². The highest BCUT2D eigenvalue weighted by atomic mass is 35.5. The van der Waals surface area contributed by atoms with Crippen molar-refractivity contribution in [2.45, 2.75) is 45.1 Å². The van der Waals surface area contributed by atoms with E-state index in [2.05, 4.69) is 25.2 Å². The molecule has 7 heteroatoms. The zero-order valence-electron chi connectivity index (χ0n) is 12.1. The van der Waals surface area contributed by atoms with Gasteiger partial charge >= 0.3 is 0 Å². The number of anilines is 2. The molecule has 0 spiro atoms. The Labute approximate surface area is 124 Å². The molecule has 1 atom stereocenters. The maximum absolute atomic E-state index is 9.46. The molecule has 0 aromatic carbocycles. The number of nitrogens with zero attached hydrogens (tertiary/aromatic N) is 4. The Morgan fingerprint density at radius 3 is 2.55 bits per heavy atom. The van der Waals surface area contributed by atoms with Crippen molar-refractivity contribution in [1.82, 2.24) is 15.0 Å². The molecule has 0 aliphatic carbocycles. The molecule has 1 aliphatic rings. The van der Waals surface area contributed by atoms with Crippen LogP contribution in [0.25, 0.3) is 0 Å². The van der Waals surface area contributed by atoms with Gasteiger partial charge in [0.05, 0.1) is 12.1 Å². The van der Waals surface area contributed by atoms with Crippen LogP contribution in [0.5, 0.6) is 0 Å². The van der Waals surface area contributed by atoms with Gasteiger partial charge in [-0.2, -0.15) is 15.0 Å². The highest BCUT2D eigenvalue weighted by Crippen LogP contribution is 2.21. The van der Waals surface area contributed by atoms with Crippen molar-refractivity contribution in [3.63, 3.8) is 0 Å². The molecule has 0 bridgehead atoms. The first-order chi connectivity index (χ1) is 9.56. The fourth-order valence-electron chi connectivity index (χ4n) is 2.14. The first-order valence-electron chi connectivity index (χ1n) is 7.12. The molecule has 0 radical (unpaired) electrons. The van der Waals surface area contributed by atoms with Gasteiger partial charge in [-0.1, -0.05) is 6.92 Å². The molecule has 2 rings (SSSR count). The Morgan fingerprint density at radius 2 is 1.95 bits per heavy atom. The molecule has 1 fully saturated rings. The summed E-state index contributed by atoms with van der Waals surface area (Å²) in [5.74, 6) is 1.03. The topological polar surface area (TPSA) is 74.2 Å². The van der Waals surface area contributed by atoms with Gasteiger partial charge in [0.2, 0.25) is 17.2 Å². The highest BCUT2D eigenvalue weighted by Gasteiger charge is 2.23. The summed E-state index contributed by atoms with van der Waals surface area (Å²) in [6.07, 6.45) is 4.30. The van der Waals surface area contributed by atoms with Gasteiger partial charge in [-0.05, 0) is 44.2 Å². The molecule has 1 saturated heterocycles. The summed E-state index contributed by atoms with van der Waals surface area (Å²) in [5.41, 5.74) is -0.455. The zero-order chi connectivity index (χ0) is 14.6. The highest BCUT2D eigenvalue weighted by molar-refractivity contribution is 6.28. The lowest BCUT2D eigenvalue weighted by molar-refractivity contribution is 0.218. The number of aliphatic hydroxyl groups is 1. The van der Waals surface area contributed by atoms with E-state index in [0.29, 0.717) is 11.9 Å². The number of aromatic nitrogens is 3. The standard InChI is InChI=1S/C13H22ClN5O/c1-3-13(2,9-20)18-11-15-10(14)16-12(17-11)19-7-5-4-6-8-19/h20H,3-9H2,1-2H3,(H,15,16,17,18). The lowest BCUT2D eigenvalue weighted by atomic mass is 10.0. The summed E-state index contributed by atoms with van der Waals surface area (Å²) in [4.78, 5) is 14.9. The van der Waals surface area contributed by atoms with E-state index in [1.54, 1.807) is 0 Å². The number of halogens is 1. The number of hydrogen-bond acceptors (Lipinski definition) is 6. The number of hydrogen-bond donors (Lipinski definition) is 2. The minimum Gasteiger partial charge on any atom is -0.394 e.